The average Bonchev–Trinajstić information content (AvgIpc) is 3.17. The van der Waals surface area contributed by atoms with Gasteiger partial charge in [-0.3, -0.25) is 0 Å². The van der Waals surface area contributed by atoms with Gasteiger partial charge in [-0.2, -0.15) is 0 Å². The minimum absolute atomic E-state index is 0.180. The minimum atomic E-state index is -0.454. The molecule has 22 heavy (non-hydrogen) atoms. The van der Waals surface area contributed by atoms with Crippen LogP contribution in [0.2, 0.25) is 0 Å². The summed E-state index contributed by atoms with van der Waals surface area (Å²) in [6, 6.07) is 0.180. The third-order valence-electron chi connectivity index (χ3n) is 3.89. The summed E-state index contributed by atoms with van der Waals surface area (Å²) in [5, 5.41) is 3.30. The highest BCUT2D eigenvalue weighted by Crippen LogP contribution is 2.39. The van der Waals surface area contributed by atoms with Crippen molar-refractivity contribution in [2.24, 2.45) is 0 Å². The first-order valence-corrected chi connectivity index (χ1v) is 7.97. The van der Waals surface area contributed by atoms with Crippen molar-refractivity contribution in [2.45, 2.75) is 57.6 Å². The Labute approximate surface area is 131 Å². The van der Waals surface area contributed by atoms with Gasteiger partial charge in [0.15, 0.2) is 0 Å². The molecule has 1 aromatic heterocycles. The zero-order valence-corrected chi connectivity index (χ0v) is 13.5. The summed E-state index contributed by atoms with van der Waals surface area (Å²) in [7, 11) is 0. The van der Waals surface area contributed by atoms with E-state index in [0.29, 0.717) is 25.0 Å². The first kappa shape index (κ1) is 15.1. The molecule has 0 radical (unpaired) electrons. The van der Waals surface area contributed by atoms with Crippen LogP contribution in [-0.4, -0.2) is 45.7 Å². The zero-order valence-electron chi connectivity index (χ0n) is 13.5. The van der Waals surface area contributed by atoms with Crippen LogP contribution in [0.3, 0.4) is 0 Å². The Morgan fingerprint density at radius 1 is 1.27 bits per heavy atom. The van der Waals surface area contributed by atoms with Gasteiger partial charge in [-0.25, -0.2) is 14.8 Å². The summed E-state index contributed by atoms with van der Waals surface area (Å²) in [6.45, 7) is 6.97. The lowest BCUT2D eigenvalue weighted by atomic mass is 10.2. The largest absolute Gasteiger partial charge is 0.444 e. The number of aromatic nitrogens is 2. The lowest BCUT2D eigenvalue weighted by Crippen LogP contribution is -2.36. The minimum Gasteiger partial charge on any atom is -0.444 e. The van der Waals surface area contributed by atoms with Crippen LogP contribution in [0.15, 0.2) is 12.4 Å². The van der Waals surface area contributed by atoms with Gasteiger partial charge in [-0.15, -0.1) is 0 Å². The maximum atomic E-state index is 12.0. The molecule has 0 bridgehead atoms. The molecule has 1 amide bonds. The average molecular weight is 304 g/mol. The molecule has 1 atom stereocenters. The molecule has 6 heteroatoms. The Morgan fingerprint density at radius 2 is 1.95 bits per heavy atom. The van der Waals surface area contributed by atoms with Gasteiger partial charge in [0.1, 0.15) is 5.60 Å². The summed E-state index contributed by atoms with van der Waals surface area (Å²) in [4.78, 5) is 22.5. The molecule has 1 N–H and O–H groups in total. The Hall–Kier alpha value is -1.85. The second-order valence-corrected chi connectivity index (χ2v) is 7.17. The molecule has 0 spiro atoms. The van der Waals surface area contributed by atoms with E-state index in [1.807, 2.05) is 33.2 Å². The molecule has 6 nitrogen and oxygen atoms in total. The Balaban J connectivity index is 1.51. The molecular formula is C16H24N4O2. The Morgan fingerprint density at radius 3 is 2.55 bits per heavy atom. The number of hydrogen-bond acceptors (Lipinski definition) is 5. The van der Waals surface area contributed by atoms with Crippen molar-refractivity contribution in [3.05, 3.63) is 18.0 Å². The van der Waals surface area contributed by atoms with Crippen molar-refractivity contribution in [2.75, 3.05) is 18.4 Å². The van der Waals surface area contributed by atoms with Gasteiger partial charge in [0, 0.05) is 31.5 Å². The SMILES string of the molecule is CC(C)(C)OC(=O)N1CC[C@@H](Nc2ncc(C3CC3)cn2)C1. The number of anilines is 1. The molecule has 1 saturated carbocycles. The molecule has 120 valence electrons. The fraction of sp³-hybridized carbons (Fsp3) is 0.688. The number of nitrogens with zero attached hydrogens (tertiary/aromatic N) is 3. The molecule has 2 heterocycles. The molecule has 2 aliphatic rings. The Kier molecular flexibility index (Phi) is 3.93. The predicted molar refractivity (Wildman–Crippen MR) is 83.8 cm³/mol. The monoisotopic (exact) mass is 304 g/mol. The first-order chi connectivity index (χ1) is 10.4. The molecule has 0 aromatic carbocycles. The smallest absolute Gasteiger partial charge is 0.410 e. The van der Waals surface area contributed by atoms with Crippen LogP contribution in [-0.2, 0) is 4.74 Å². The van der Waals surface area contributed by atoms with Crippen molar-refractivity contribution in [1.82, 2.24) is 14.9 Å². The van der Waals surface area contributed by atoms with Crippen molar-refractivity contribution < 1.29 is 9.53 Å². The van der Waals surface area contributed by atoms with Crippen LogP contribution in [0, 0.1) is 0 Å². The standard InChI is InChI=1S/C16H24N4O2/c1-16(2,3)22-15(21)20-7-6-13(10-20)19-14-17-8-12(9-18-14)11-4-5-11/h8-9,11,13H,4-7,10H2,1-3H3,(H,17,18,19)/t13-/m1/s1. The van der Waals surface area contributed by atoms with Crippen molar-refractivity contribution in [3.8, 4) is 0 Å². The number of ether oxygens (including phenoxy) is 1. The molecule has 1 aliphatic heterocycles. The topological polar surface area (TPSA) is 67.3 Å². The van der Waals surface area contributed by atoms with Gasteiger partial charge >= 0.3 is 6.09 Å². The van der Waals surface area contributed by atoms with E-state index in [2.05, 4.69) is 15.3 Å². The van der Waals surface area contributed by atoms with E-state index in [1.54, 1.807) is 4.90 Å². The normalized spacial score (nSPS) is 21.8. The highest BCUT2D eigenvalue weighted by molar-refractivity contribution is 5.68. The highest BCUT2D eigenvalue weighted by atomic mass is 16.6. The molecule has 1 aliphatic carbocycles. The molecular weight excluding hydrogens is 280 g/mol. The molecule has 0 unspecified atom stereocenters. The van der Waals surface area contributed by atoms with Crippen molar-refractivity contribution >= 4 is 12.0 Å². The quantitative estimate of drug-likeness (QED) is 0.930. The van der Waals surface area contributed by atoms with Crippen LogP contribution in [0.1, 0.15) is 51.5 Å². The van der Waals surface area contributed by atoms with Gasteiger partial charge in [0.05, 0.1) is 0 Å². The van der Waals surface area contributed by atoms with Crippen LogP contribution in [0.4, 0.5) is 10.7 Å². The number of nitrogens with one attached hydrogen (secondary N) is 1. The second kappa shape index (κ2) is 5.74. The number of likely N-dealkylation sites (tertiary alicyclic amines) is 1. The second-order valence-electron chi connectivity index (χ2n) is 7.17. The Bertz CT molecular complexity index is 534. The zero-order chi connectivity index (χ0) is 15.7. The van der Waals surface area contributed by atoms with E-state index >= 15 is 0 Å². The third kappa shape index (κ3) is 3.87. The van der Waals surface area contributed by atoms with Gasteiger partial charge in [0.2, 0.25) is 5.95 Å². The number of carbonyl (C=O) groups is 1. The van der Waals surface area contributed by atoms with E-state index in [4.69, 9.17) is 4.74 Å². The predicted octanol–water partition coefficient (Wildman–Crippen LogP) is 2.78. The lowest BCUT2D eigenvalue weighted by molar-refractivity contribution is 0.0293. The molecule has 2 fully saturated rings. The summed E-state index contributed by atoms with van der Waals surface area (Å²) >= 11 is 0. The van der Waals surface area contributed by atoms with Gasteiger partial charge in [-0.05, 0) is 51.5 Å². The highest BCUT2D eigenvalue weighted by Gasteiger charge is 2.30. The first-order valence-electron chi connectivity index (χ1n) is 7.97. The fourth-order valence-corrected chi connectivity index (χ4v) is 2.59. The molecule has 1 aromatic rings. The number of rotatable bonds is 3. The van der Waals surface area contributed by atoms with Crippen LogP contribution < -0.4 is 5.32 Å². The van der Waals surface area contributed by atoms with Crippen LogP contribution >= 0.6 is 0 Å². The van der Waals surface area contributed by atoms with E-state index in [1.165, 1.54) is 18.4 Å². The summed E-state index contributed by atoms with van der Waals surface area (Å²) in [5.41, 5.74) is 0.775. The van der Waals surface area contributed by atoms with E-state index in [-0.39, 0.29) is 12.1 Å². The number of hydrogen-bond donors (Lipinski definition) is 1. The lowest BCUT2D eigenvalue weighted by Gasteiger charge is -2.24. The molecule has 1 saturated heterocycles. The van der Waals surface area contributed by atoms with E-state index in [9.17, 15) is 4.79 Å². The maximum absolute atomic E-state index is 12.0. The summed E-state index contributed by atoms with van der Waals surface area (Å²) in [5.74, 6) is 1.31. The summed E-state index contributed by atoms with van der Waals surface area (Å²) < 4.78 is 5.40. The van der Waals surface area contributed by atoms with Gasteiger partial charge < -0.3 is 15.0 Å². The van der Waals surface area contributed by atoms with Gasteiger partial charge in [0.25, 0.3) is 0 Å². The van der Waals surface area contributed by atoms with Crippen molar-refractivity contribution in [1.29, 1.82) is 0 Å². The number of carbonyl (C=O) groups excluding carboxylic acids is 1. The van der Waals surface area contributed by atoms with Crippen LogP contribution in [0.25, 0.3) is 0 Å². The van der Waals surface area contributed by atoms with E-state index in [0.717, 1.165) is 6.42 Å². The summed E-state index contributed by atoms with van der Waals surface area (Å²) in [6.07, 6.45) is 6.96. The van der Waals surface area contributed by atoms with E-state index < -0.39 is 5.60 Å². The van der Waals surface area contributed by atoms with Crippen LogP contribution in [0.5, 0.6) is 0 Å². The fourth-order valence-electron chi connectivity index (χ4n) is 2.59. The van der Waals surface area contributed by atoms with Gasteiger partial charge in [-0.1, -0.05) is 0 Å². The number of amides is 1. The maximum Gasteiger partial charge on any atom is 0.410 e. The third-order valence-corrected chi connectivity index (χ3v) is 3.89. The van der Waals surface area contributed by atoms with Crippen molar-refractivity contribution in [3.63, 3.8) is 0 Å². The molecule has 3 rings (SSSR count).